The van der Waals surface area contributed by atoms with Crippen molar-refractivity contribution in [2.75, 3.05) is 17.6 Å². The molecule has 3 N–H and O–H groups in total. The Balaban J connectivity index is 1.85. The zero-order valence-corrected chi connectivity index (χ0v) is 11.9. The van der Waals surface area contributed by atoms with E-state index in [1.165, 1.54) is 0 Å². The second-order valence-corrected chi connectivity index (χ2v) is 6.28. The third kappa shape index (κ3) is 4.17. The van der Waals surface area contributed by atoms with E-state index in [9.17, 15) is 14.4 Å². The number of aromatic nitrogens is 2. The molecule has 1 saturated heterocycles. The molecule has 2 rings (SSSR count). The van der Waals surface area contributed by atoms with Crippen LogP contribution < -0.4 is 10.6 Å². The molecule has 1 fully saturated rings. The van der Waals surface area contributed by atoms with Gasteiger partial charge < -0.3 is 15.7 Å². The topological polar surface area (TPSA) is 121 Å². The Morgan fingerprint density at radius 2 is 2.30 bits per heavy atom. The molecule has 1 unspecified atom stereocenters. The van der Waals surface area contributed by atoms with Gasteiger partial charge >= 0.3 is 5.97 Å². The lowest BCUT2D eigenvalue weighted by Gasteiger charge is -2.20. The third-order valence-electron chi connectivity index (χ3n) is 2.59. The molecule has 108 valence electrons. The van der Waals surface area contributed by atoms with E-state index in [2.05, 4.69) is 20.8 Å². The molecule has 0 aromatic carbocycles. The number of hydrogen-bond acceptors (Lipinski definition) is 7. The highest BCUT2D eigenvalue weighted by molar-refractivity contribution is 8.01. The van der Waals surface area contributed by atoms with E-state index in [1.807, 2.05) is 0 Å². The highest BCUT2D eigenvalue weighted by Gasteiger charge is 2.25. The average Bonchev–Trinajstić information content (AvgIpc) is 2.84. The first-order chi connectivity index (χ1) is 9.54. The Bertz CT molecular complexity index is 523. The predicted octanol–water partition coefficient (Wildman–Crippen LogP) is 0.179. The molecule has 1 aromatic heterocycles. The predicted molar refractivity (Wildman–Crippen MR) is 72.6 cm³/mol. The van der Waals surface area contributed by atoms with E-state index in [0.717, 1.165) is 23.1 Å². The normalized spacial score (nSPS) is 18.4. The maximum absolute atomic E-state index is 11.9. The molecule has 1 aromatic rings. The van der Waals surface area contributed by atoms with Crippen molar-refractivity contribution in [2.45, 2.75) is 17.2 Å². The number of nitrogens with zero attached hydrogens (tertiary/aromatic N) is 2. The molecule has 20 heavy (non-hydrogen) atoms. The number of thioether (sulfide) groups is 1. The second-order valence-electron chi connectivity index (χ2n) is 4.08. The lowest BCUT2D eigenvalue weighted by molar-refractivity contribution is -0.134. The second kappa shape index (κ2) is 6.66. The fraction of sp³-hybridized carbons (Fsp3) is 0.500. The first kappa shape index (κ1) is 14.7. The summed E-state index contributed by atoms with van der Waals surface area (Å²) in [6, 6.07) is 0. The van der Waals surface area contributed by atoms with E-state index >= 15 is 0 Å². The van der Waals surface area contributed by atoms with Crippen LogP contribution in [0.5, 0.6) is 0 Å². The lowest BCUT2D eigenvalue weighted by atomic mass is 9.98. The van der Waals surface area contributed by atoms with Crippen molar-refractivity contribution in [1.82, 2.24) is 15.5 Å². The number of carboxylic acids is 1. The highest BCUT2D eigenvalue weighted by Crippen LogP contribution is 2.26. The van der Waals surface area contributed by atoms with Crippen LogP contribution >= 0.6 is 23.1 Å². The molecule has 2 amide bonds. The van der Waals surface area contributed by atoms with Crippen LogP contribution in [0.1, 0.15) is 12.8 Å². The SMILES string of the molecule is O=C(O)CSc1nnc(NC(=O)C2CCC(=O)NC2)s1. The van der Waals surface area contributed by atoms with Crippen LogP contribution in [-0.2, 0) is 14.4 Å². The minimum Gasteiger partial charge on any atom is -0.481 e. The van der Waals surface area contributed by atoms with Crippen LogP contribution in [0.25, 0.3) is 0 Å². The van der Waals surface area contributed by atoms with Gasteiger partial charge in [0.25, 0.3) is 0 Å². The van der Waals surface area contributed by atoms with E-state index in [0.29, 0.717) is 28.9 Å². The number of amides is 2. The molecule has 10 heteroatoms. The van der Waals surface area contributed by atoms with E-state index < -0.39 is 5.97 Å². The fourth-order valence-corrected chi connectivity index (χ4v) is 3.08. The van der Waals surface area contributed by atoms with Crippen LogP contribution in [0.4, 0.5) is 5.13 Å². The van der Waals surface area contributed by atoms with Gasteiger partial charge in [-0.05, 0) is 6.42 Å². The summed E-state index contributed by atoms with van der Waals surface area (Å²) in [7, 11) is 0. The number of aliphatic carboxylic acids is 1. The number of carbonyl (C=O) groups is 3. The molecular formula is C10H12N4O4S2. The van der Waals surface area contributed by atoms with Crippen molar-refractivity contribution in [3.8, 4) is 0 Å². The van der Waals surface area contributed by atoms with Gasteiger partial charge in [-0.1, -0.05) is 23.1 Å². The standard InChI is InChI=1S/C10H12N4O4S2/c15-6-2-1-5(3-11-6)8(18)12-9-13-14-10(20-9)19-4-7(16)17/h5H,1-4H2,(H,11,15)(H,16,17)(H,12,13,18). The van der Waals surface area contributed by atoms with Gasteiger partial charge in [-0.15, -0.1) is 10.2 Å². The molecule has 1 aliphatic rings. The maximum Gasteiger partial charge on any atom is 0.313 e. The number of anilines is 1. The quantitative estimate of drug-likeness (QED) is 0.523. The zero-order valence-electron chi connectivity index (χ0n) is 10.3. The van der Waals surface area contributed by atoms with Gasteiger partial charge in [-0.2, -0.15) is 0 Å². The summed E-state index contributed by atoms with van der Waals surface area (Å²) in [5, 5.41) is 21.7. The number of nitrogens with one attached hydrogen (secondary N) is 2. The number of rotatable bonds is 5. The molecule has 0 aliphatic carbocycles. The van der Waals surface area contributed by atoms with Crippen LogP contribution in [0.2, 0.25) is 0 Å². The Kier molecular flexibility index (Phi) is 4.90. The minimum absolute atomic E-state index is 0.0441. The smallest absolute Gasteiger partial charge is 0.313 e. The first-order valence-corrected chi connectivity index (χ1v) is 7.60. The van der Waals surface area contributed by atoms with Gasteiger partial charge in [0.15, 0.2) is 4.34 Å². The fourth-order valence-electron chi connectivity index (χ4n) is 1.61. The summed E-state index contributed by atoms with van der Waals surface area (Å²) in [6.45, 7) is 0.324. The van der Waals surface area contributed by atoms with E-state index in [-0.39, 0.29) is 23.5 Å². The number of carbonyl (C=O) groups excluding carboxylic acids is 2. The summed E-state index contributed by atoms with van der Waals surface area (Å²) in [5.74, 6) is -1.56. The summed E-state index contributed by atoms with van der Waals surface area (Å²) in [6.07, 6.45) is 0.852. The molecule has 0 spiro atoms. The van der Waals surface area contributed by atoms with Crippen LogP contribution in [0.3, 0.4) is 0 Å². The van der Waals surface area contributed by atoms with E-state index in [4.69, 9.17) is 5.11 Å². The van der Waals surface area contributed by atoms with Gasteiger partial charge in [0.2, 0.25) is 16.9 Å². The average molecular weight is 316 g/mol. The Morgan fingerprint density at radius 3 is 2.95 bits per heavy atom. The minimum atomic E-state index is -0.936. The summed E-state index contributed by atoms with van der Waals surface area (Å²) >= 11 is 2.18. The summed E-state index contributed by atoms with van der Waals surface area (Å²) in [5.41, 5.74) is 0. The van der Waals surface area contributed by atoms with Crippen LogP contribution in [-0.4, -0.2) is 45.4 Å². The maximum atomic E-state index is 11.9. The molecule has 2 heterocycles. The van der Waals surface area contributed by atoms with Gasteiger partial charge in [0.1, 0.15) is 0 Å². The summed E-state index contributed by atoms with van der Waals surface area (Å²) < 4.78 is 0.486. The van der Waals surface area contributed by atoms with Gasteiger partial charge in [0.05, 0.1) is 11.7 Å². The molecular weight excluding hydrogens is 304 g/mol. The molecule has 0 bridgehead atoms. The Labute approximate surface area is 122 Å². The van der Waals surface area contributed by atoms with Gasteiger partial charge in [-0.25, -0.2) is 0 Å². The van der Waals surface area contributed by atoms with Crippen molar-refractivity contribution < 1.29 is 19.5 Å². The van der Waals surface area contributed by atoms with Crippen molar-refractivity contribution in [1.29, 1.82) is 0 Å². The van der Waals surface area contributed by atoms with Crippen LogP contribution in [0.15, 0.2) is 4.34 Å². The van der Waals surface area contributed by atoms with Crippen molar-refractivity contribution in [2.24, 2.45) is 5.92 Å². The number of carboxylic acid groups (broad SMARTS) is 1. The Morgan fingerprint density at radius 1 is 1.50 bits per heavy atom. The summed E-state index contributed by atoms with van der Waals surface area (Å²) in [4.78, 5) is 33.4. The van der Waals surface area contributed by atoms with Gasteiger partial charge in [-0.3, -0.25) is 14.4 Å². The Hall–Kier alpha value is -1.68. The molecule has 1 aliphatic heterocycles. The largest absolute Gasteiger partial charge is 0.481 e. The van der Waals surface area contributed by atoms with Crippen molar-refractivity contribution in [3.63, 3.8) is 0 Å². The number of hydrogen-bond donors (Lipinski definition) is 3. The lowest BCUT2D eigenvalue weighted by Crippen LogP contribution is -2.40. The van der Waals surface area contributed by atoms with Crippen LogP contribution in [0, 0.1) is 5.92 Å². The van der Waals surface area contributed by atoms with E-state index in [1.54, 1.807) is 0 Å². The molecule has 0 saturated carbocycles. The number of piperidine rings is 1. The van der Waals surface area contributed by atoms with Crippen molar-refractivity contribution in [3.05, 3.63) is 0 Å². The molecule has 1 atom stereocenters. The molecule has 8 nitrogen and oxygen atoms in total. The zero-order chi connectivity index (χ0) is 14.5. The molecule has 0 radical (unpaired) electrons. The third-order valence-corrected chi connectivity index (χ3v) is 4.55. The monoisotopic (exact) mass is 316 g/mol. The highest BCUT2D eigenvalue weighted by atomic mass is 32.2. The van der Waals surface area contributed by atoms with Crippen molar-refractivity contribution >= 4 is 46.0 Å². The first-order valence-electron chi connectivity index (χ1n) is 5.80. The van der Waals surface area contributed by atoms with Gasteiger partial charge in [0, 0.05) is 13.0 Å².